The second-order valence-electron chi connectivity index (χ2n) is 6.78. The number of nitrogens with one attached hydrogen (secondary N) is 1. The van der Waals surface area contributed by atoms with Gasteiger partial charge in [-0.25, -0.2) is 0 Å². The number of nitrogens with zero attached hydrogens (tertiary/aromatic N) is 2. The number of para-hydroxylation sites is 1. The van der Waals surface area contributed by atoms with E-state index < -0.39 is 0 Å². The molecular weight excluding hydrogens is 358 g/mol. The minimum atomic E-state index is -0.0792. The van der Waals surface area contributed by atoms with Gasteiger partial charge in [0.1, 0.15) is 0 Å². The van der Waals surface area contributed by atoms with Crippen molar-refractivity contribution in [1.29, 1.82) is 0 Å². The first-order chi connectivity index (χ1) is 13.1. The first kappa shape index (κ1) is 19.4. The normalized spacial score (nSPS) is 14.3. The smallest absolute Gasteiger partial charge is 0.261 e. The fraction of sp³-hybridized carbons (Fsp3) is 0.429. The summed E-state index contributed by atoms with van der Waals surface area (Å²) in [5, 5.41) is 2.88. The number of anilines is 1. The van der Waals surface area contributed by atoms with Crippen LogP contribution in [0.15, 0.2) is 36.4 Å². The Hall–Kier alpha value is -2.34. The average Bonchev–Trinajstić information content (AvgIpc) is 3.09. The first-order valence-corrected chi connectivity index (χ1v) is 10.4. The minimum Gasteiger partial charge on any atom is -0.368 e. The van der Waals surface area contributed by atoms with Crippen molar-refractivity contribution >= 4 is 28.8 Å². The molecule has 2 amide bonds. The lowest BCUT2D eigenvalue weighted by atomic mass is 10.2. The Morgan fingerprint density at radius 1 is 1.11 bits per heavy atom. The van der Waals surface area contributed by atoms with Crippen molar-refractivity contribution in [3.05, 3.63) is 51.7 Å². The molecule has 0 bridgehead atoms. The molecule has 0 saturated carbocycles. The third kappa shape index (κ3) is 4.89. The summed E-state index contributed by atoms with van der Waals surface area (Å²) in [6.45, 7) is 7.65. The van der Waals surface area contributed by atoms with Crippen molar-refractivity contribution in [2.45, 2.75) is 26.7 Å². The van der Waals surface area contributed by atoms with Crippen LogP contribution in [0.4, 0.5) is 5.69 Å². The molecular formula is C21H27N3O2S. The largest absolute Gasteiger partial charge is 0.368 e. The second kappa shape index (κ2) is 9.04. The number of piperazine rings is 1. The van der Waals surface area contributed by atoms with E-state index in [-0.39, 0.29) is 11.8 Å². The molecule has 1 N–H and O–H groups in total. The van der Waals surface area contributed by atoms with E-state index in [1.165, 1.54) is 27.5 Å². The molecule has 0 unspecified atom stereocenters. The summed E-state index contributed by atoms with van der Waals surface area (Å²) in [5.41, 5.74) is 2.37. The number of carbonyl (C=O) groups excluding carboxylic acids is 2. The number of benzene rings is 1. The molecule has 27 heavy (non-hydrogen) atoms. The van der Waals surface area contributed by atoms with Gasteiger partial charge in [-0.15, -0.1) is 11.3 Å². The molecule has 2 aromatic rings. The van der Waals surface area contributed by atoms with Gasteiger partial charge in [0.25, 0.3) is 5.91 Å². The van der Waals surface area contributed by atoms with Crippen molar-refractivity contribution in [3.63, 3.8) is 0 Å². The zero-order valence-electron chi connectivity index (χ0n) is 16.0. The number of hydrogen-bond donors (Lipinski definition) is 1. The molecule has 6 heteroatoms. The van der Waals surface area contributed by atoms with Crippen LogP contribution in [0.25, 0.3) is 0 Å². The Balaban J connectivity index is 1.41. The quantitative estimate of drug-likeness (QED) is 0.831. The molecule has 144 valence electrons. The third-order valence-corrected chi connectivity index (χ3v) is 6.32. The highest BCUT2D eigenvalue weighted by Crippen LogP contribution is 2.22. The lowest BCUT2D eigenvalue weighted by molar-refractivity contribution is -0.131. The maximum Gasteiger partial charge on any atom is 0.261 e. The number of aryl methyl sites for hydroxylation is 2. The Kier molecular flexibility index (Phi) is 6.50. The minimum absolute atomic E-state index is 0.0792. The zero-order valence-corrected chi connectivity index (χ0v) is 16.8. The fourth-order valence-electron chi connectivity index (χ4n) is 3.36. The molecule has 0 aliphatic carbocycles. The van der Waals surface area contributed by atoms with Crippen LogP contribution in [-0.2, 0) is 11.2 Å². The summed E-state index contributed by atoms with van der Waals surface area (Å²) in [4.78, 5) is 30.8. The monoisotopic (exact) mass is 385 g/mol. The lowest BCUT2D eigenvalue weighted by Gasteiger charge is -2.36. The van der Waals surface area contributed by atoms with Gasteiger partial charge in [-0.1, -0.05) is 25.1 Å². The van der Waals surface area contributed by atoms with Gasteiger partial charge < -0.3 is 15.1 Å². The maximum atomic E-state index is 12.4. The van der Waals surface area contributed by atoms with Crippen molar-refractivity contribution in [3.8, 4) is 0 Å². The maximum absolute atomic E-state index is 12.4. The summed E-state index contributed by atoms with van der Waals surface area (Å²) in [6, 6.07) is 12.2. The van der Waals surface area contributed by atoms with Crippen LogP contribution < -0.4 is 10.2 Å². The van der Waals surface area contributed by atoms with Gasteiger partial charge in [0.15, 0.2) is 0 Å². The molecule has 0 radical (unpaired) electrons. The molecule has 1 aliphatic heterocycles. The molecule has 0 spiro atoms. The summed E-state index contributed by atoms with van der Waals surface area (Å²) < 4.78 is 0. The second-order valence-corrected chi connectivity index (χ2v) is 7.92. The Morgan fingerprint density at radius 3 is 2.44 bits per heavy atom. The highest BCUT2D eigenvalue weighted by molar-refractivity contribution is 7.14. The number of carbonyl (C=O) groups is 2. The van der Waals surface area contributed by atoms with Crippen molar-refractivity contribution in [2.24, 2.45) is 0 Å². The van der Waals surface area contributed by atoms with Crippen LogP contribution in [0.2, 0.25) is 0 Å². The van der Waals surface area contributed by atoms with E-state index in [1.54, 1.807) is 0 Å². The zero-order chi connectivity index (χ0) is 19.2. The van der Waals surface area contributed by atoms with E-state index in [4.69, 9.17) is 0 Å². The van der Waals surface area contributed by atoms with Gasteiger partial charge in [0.05, 0.1) is 4.88 Å². The Bertz CT molecular complexity index is 780. The SMILES string of the molecule is CCc1sc(C(=O)NCCC(=O)N2CCN(c3ccccc3)CC2)cc1C. The molecule has 1 saturated heterocycles. The van der Waals surface area contributed by atoms with Gasteiger partial charge in [0.2, 0.25) is 5.91 Å². The number of hydrogen-bond acceptors (Lipinski definition) is 4. The van der Waals surface area contributed by atoms with Crippen LogP contribution in [0.5, 0.6) is 0 Å². The van der Waals surface area contributed by atoms with E-state index in [0.717, 1.165) is 37.5 Å². The molecule has 1 aromatic carbocycles. The van der Waals surface area contributed by atoms with Gasteiger partial charge in [-0.05, 0) is 37.1 Å². The van der Waals surface area contributed by atoms with Crippen LogP contribution in [0.1, 0.15) is 33.5 Å². The van der Waals surface area contributed by atoms with Crippen molar-refractivity contribution < 1.29 is 9.59 Å². The topological polar surface area (TPSA) is 52.7 Å². The molecule has 1 fully saturated rings. The molecule has 1 aromatic heterocycles. The fourth-order valence-corrected chi connectivity index (χ4v) is 4.39. The molecule has 2 heterocycles. The van der Waals surface area contributed by atoms with E-state index >= 15 is 0 Å². The van der Waals surface area contributed by atoms with Crippen LogP contribution >= 0.6 is 11.3 Å². The van der Waals surface area contributed by atoms with Crippen molar-refractivity contribution in [2.75, 3.05) is 37.6 Å². The van der Waals surface area contributed by atoms with Gasteiger partial charge in [-0.3, -0.25) is 9.59 Å². The van der Waals surface area contributed by atoms with Crippen LogP contribution in [0.3, 0.4) is 0 Å². The summed E-state index contributed by atoms with van der Waals surface area (Å²) in [7, 11) is 0. The Morgan fingerprint density at radius 2 is 1.81 bits per heavy atom. The van der Waals surface area contributed by atoms with Crippen LogP contribution in [0, 0.1) is 6.92 Å². The van der Waals surface area contributed by atoms with Crippen molar-refractivity contribution in [1.82, 2.24) is 10.2 Å². The van der Waals surface area contributed by atoms with E-state index in [0.29, 0.717) is 13.0 Å². The first-order valence-electron chi connectivity index (χ1n) is 9.53. The van der Waals surface area contributed by atoms with Gasteiger partial charge in [-0.2, -0.15) is 0 Å². The summed E-state index contributed by atoms with van der Waals surface area (Å²) in [5.74, 6) is 0.0316. The highest BCUT2D eigenvalue weighted by atomic mass is 32.1. The Labute approximate surface area is 165 Å². The molecule has 1 aliphatic rings. The molecule has 3 rings (SSSR count). The molecule has 0 atom stereocenters. The predicted molar refractivity (Wildman–Crippen MR) is 111 cm³/mol. The highest BCUT2D eigenvalue weighted by Gasteiger charge is 2.21. The van der Waals surface area contributed by atoms with Crippen LogP contribution in [-0.4, -0.2) is 49.4 Å². The third-order valence-electron chi connectivity index (χ3n) is 4.94. The average molecular weight is 386 g/mol. The van der Waals surface area contributed by atoms with Gasteiger partial charge in [0, 0.05) is 49.7 Å². The summed E-state index contributed by atoms with van der Waals surface area (Å²) >= 11 is 1.54. The van der Waals surface area contributed by atoms with Gasteiger partial charge >= 0.3 is 0 Å². The molecule has 5 nitrogen and oxygen atoms in total. The van der Waals surface area contributed by atoms with E-state index in [1.807, 2.05) is 36.1 Å². The van der Waals surface area contributed by atoms with E-state index in [2.05, 4.69) is 29.3 Å². The predicted octanol–water partition coefficient (Wildman–Crippen LogP) is 3.09. The summed E-state index contributed by atoms with van der Waals surface area (Å²) in [6.07, 6.45) is 1.29. The standard InChI is InChI=1S/C21H27N3O2S/c1-3-18-16(2)15-19(27-18)21(26)22-10-9-20(25)24-13-11-23(12-14-24)17-7-5-4-6-8-17/h4-8,15H,3,9-14H2,1-2H3,(H,22,26). The van der Waals surface area contributed by atoms with E-state index in [9.17, 15) is 9.59 Å². The number of thiophene rings is 1. The number of rotatable bonds is 6. The number of amides is 2. The lowest BCUT2D eigenvalue weighted by Crippen LogP contribution is -2.49.